The number of hydrogen-bond acceptors (Lipinski definition) is 2. The zero-order valence-corrected chi connectivity index (χ0v) is 11.1. The molecule has 1 atom stereocenters. The molecule has 0 bridgehead atoms. The summed E-state index contributed by atoms with van der Waals surface area (Å²) >= 11 is 0. The molecule has 0 spiro atoms. The molecule has 0 aromatic heterocycles. The second-order valence-corrected chi connectivity index (χ2v) is 4.21. The van der Waals surface area contributed by atoms with Gasteiger partial charge in [0.05, 0.1) is 18.7 Å². The number of methoxy groups -OCH3 is 1. The lowest BCUT2D eigenvalue weighted by Gasteiger charge is -2.21. The first-order valence-electron chi connectivity index (χ1n) is 6.03. The molecule has 0 saturated heterocycles. The number of benzene rings is 2. The fraction of sp³-hybridized carbons (Fsp3) is 0.200. The molecule has 0 aliphatic carbocycles. The predicted molar refractivity (Wildman–Crippen MR) is 70.2 cm³/mol. The van der Waals surface area contributed by atoms with Crippen LogP contribution in [0.25, 0.3) is 0 Å². The second-order valence-electron chi connectivity index (χ2n) is 4.21. The summed E-state index contributed by atoms with van der Waals surface area (Å²) < 4.78 is 46.9. The summed E-state index contributed by atoms with van der Waals surface area (Å²) in [5, 5.41) is 2.73. The summed E-state index contributed by atoms with van der Waals surface area (Å²) in [7, 11) is 2.88. The van der Waals surface area contributed by atoms with Crippen LogP contribution < -0.4 is 10.1 Å². The molecule has 0 heterocycles. The predicted octanol–water partition coefficient (Wildman–Crippen LogP) is 3.42. The third kappa shape index (κ3) is 2.49. The van der Waals surface area contributed by atoms with E-state index in [1.165, 1.54) is 32.4 Å². The van der Waals surface area contributed by atoms with Gasteiger partial charge in [0.1, 0.15) is 23.2 Å². The molecular weight excluding hydrogens is 267 g/mol. The molecule has 2 aromatic rings. The van der Waals surface area contributed by atoms with Gasteiger partial charge in [0.2, 0.25) is 0 Å². The van der Waals surface area contributed by atoms with Crippen LogP contribution in [0.4, 0.5) is 13.2 Å². The quantitative estimate of drug-likeness (QED) is 0.927. The maximum absolute atomic E-state index is 14.1. The number of halogens is 3. The van der Waals surface area contributed by atoms with Crippen LogP contribution >= 0.6 is 0 Å². The zero-order chi connectivity index (χ0) is 14.7. The molecular formula is C15H14F3NO. The van der Waals surface area contributed by atoms with Gasteiger partial charge in [-0.05, 0) is 31.3 Å². The maximum atomic E-state index is 14.1. The van der Waals surface area contributed by atoms with E-state index < -0.39 is 23.5 Å². The molecule has 0 fully saturated rings. The van der Waals surface area contributed by atoms with Crippen molar-refractivity contribution in [2.75, 3.05) is 14.2 Å². The third-order valence-electron chi connectivity index (χ3n) is 3.10. The molecule has 1 N–H and O–H groups in total. The van der Waals surface area contributed by atoms with Crippen molar-refractivity contribution in [2.24, 2.45) is 0 Å². The highest BCUT2D eigenvalue weighted by molar-refractivity contribution is 5.43. The van der Waals surface area contributed by atoms with Gasteiger partial charge in [0, 0.05) is 5.56 Å². The Morgan fingerprint density at radius 3 is 1.90 bits per heavy atom. The van der Waals surface area contributed by atoms with Crippen LogP contribution in [0.3, 0.4) is 0 Å². The Morgan fingerprint density at radius 1 is 0.900 bits per heavy atom. The van der Waals surface area contributed by atoms with Crippen molar-refractivity contribution in [3.63, 3.8) is 0 Å². The average Bonchev–Trinajstić information content (AvgIpc) is 2.43. The summed E-state index contributed by atoms with van der Waals surface area (Å²) in [6.07, 6.45) is 0. The molecule has 1 unspecified atom stereocenters. The summed E-state index contributed by atoms with van der Waals surface area (Å²) in [4.78, 5) is 0. The van der Waals surface area contributed by atoms with E-state index in [2.05, 4.69) is 5.32 Å². The highest BCUT2D eigenvalue weighted by Crippen LogP contribution is 2.34. The third-order valence-corrected chi connectivity index (χ3v) is 3.10. The minimum absolute atomic E-state index is 0.0708. The van der Waals surface area contributed by atoms with Crippen LogP contribution in [-0.2, 0) is 0 Å². The summed E-state index contributed by atoms with van der Waals surface area (Å²) in [6, 6.07) is 6.79. The van der Waals surface area contributed by atoms with Crippen LogP contribution in [0.15, 0.2) is 36.4 Å². The van der Waals surface area contributed by atoms with Crippen LogP contribution in [0, 0.1) is 17.5 Å². The SMILES string of the molecule is CNC(c1c(F)cccc1F)c1c(F)cccc1OC. The minimum atomic E-state index is -0.979. The van der Waals surface area contributed by atoms with E-state index in [1.807, 2.05) is 0 Å². The van der Waals surface area contributed by atoms with Crippen molar-refractivity contribution in [1.82, 2.24) is 5.32 Å². The molecule has 0 radical (unpaired) electrons. The number of hydrogen-bond donors (Lipinski definition) is 1. The van der Waals surface area contributed by atoms with Crippen LogP contribution in [0.1, 0.15) is 17.2 Å². The van der Waals surface area contributed by atoms with Gasteiger partial charge in [-0.3, -0.25) is 0 Å². The van der Waals surface area contributed by atoms with Crippen LogP contribution in [0.2, 0.25) is 0 Å². The van der Waals surface area contributed by atoms with E-state index >= 15 is 0 Å². The Labute approximate surface area is 115 Å². The molecule has 2 nitrogen and oxygen atoms in total. The lowest BCUT2D eigenvalue weighted by Crippen LogP contribution is -2.22. The summed E-state index contributed by atoms with van der Waals surface area (Å²) in [5.74, 6) is -1.84. The van der Waals surface area contributed by atoms with E-state index in [0.29, 0.717) is 0 Å². The highest BCUT2D eigenvalue weighted by Gasteiger charge is 2.26. The normalized spacial score (nSPS) is 12.2. The van der Waals surface area contributed by atoms with Crippen molar-refractivity contribution >= 4 is 0 Å². The smallest absolute Gasteiger partial charge is 0.132 e. The zero-order valence-electron chi connectivity index (χ0n) is 11.1. The topological polar surface area (TPSA) is 21.3 Å². The van der Waals surface area contributed by atoms with E-state index in [1.54, 1.807) is 6.07 Å². The van der Waals surface area contributed by atoms with Gasteiger partial charge in [-0.1, -0.05) is 12.1 Å². The van der Waals surface area contributed by atoms with Gasteiger partial charge in [0.25, 0.3) is 0 Å². The Bertz CT molecular complexity index is 596. The molecule has 0 aliphatic heterocycles. The lowest BCUT2D eigenvalue weighted by atomic mass is 9.96. The van der Waals surface area contributed by atoms with E-state index in [9.17, 15) is 13.2 Å². The molecule has 0 aliphatic rings. The molecule has 20 heavy (non-hydrogen) atoms. The van der Waals surface area contributed by atoms with Crippen molar-refractivity contribution < 1.29 is 17.9 Å². The van der Waals surface area contributed by atoms with Crippen molar-refractivity contribution in [3.05, 3.63) is 65.0 Å². The highest BCUT2D eigenvalue weighted by atomic mass is 19.1. The first kappa shape index (κ1) is 14.4. The molecule has 2 rings (SSSR count). The number of rotatable bonds is 4. The standard InChI is InChI=1S/C15H14F3NO/c1-19-15(13-9(16)5-3-6-10(13)17)14-11(18)7-4-8-12(14)20-2/h3-8,15,19H,1-2H3. The minimum Gasteiger partial charge on any atom is -0.496 e. The van der Waals surface area contributed by atoms with Gasteiger partial charge >= 0.3 is 0 Å². The van der Waals surface area contributed by atoms with E-state index in [0.717, 1.165) is 12.1 Å². The van der Waals surface area contributed by atoms with Crippen LogP contribution in [-0.4, -0.2) is 14.2 Å². The lowest BCUT2D eigenvalue weighted by molar-refractivity contribution is 0.396. The van der Waals surface area contributed by atoms with Crippen LogP contribution in [0.5, 0.6) is 5.75 Å². The Hall–Kier alpha value is -2.01. The van der Waals surface area contributed by atoms with Crippen molar-refractivity contribution in [3.8, 4) is 5.75 Å². The fourth-order valence-corrected chi connectivity index (χ4v) is 2.19. The second kappa shape index (κ2) is 5.96. The van der Waals surface area contributed by atoms with Gasteiger partial charge in [-0.25, -0.2) is 13.2 Å². The van der Waals surface area contributed by atoms with E-state index in [-0.39, 0.29) is 16.9 Å². The Balaban J connectivity index is 2.65. The Kier molecular flexibility index (Phi) is 4.29. The van der Waals surface area contributed by atoms with Gasteiger partial charge in [-0.2, -0.15) is 0 Å². The summed E-state index contributed by atoms with van der Waals surface area (Å²) in [5.41, 5.74) is -0.167. The van der Waals surface area contributed by atoms with E-state index in [4.69, 9.17) is 4.74 Å². The largest absolute Gasteiger partial charge is 0.496 e. The molecule has 2 aromatic carbocycles. The van der Waals surface area contributed by atoms with Gasteiger partial charge in [0.15, 0.2) is 0 Å². The summed E-state index contributed by atoms with van der Waals surface area (Å²) in [6.45, 7) is 0. The first-order chi connectivity index (χ1) is 9.60. The van der Waals surface area contributed by atoms with Crippen molar-refractivity contribution in [1.29, 1.82) is 0 Å². The van der Waals surface area contributed by atoms with Gasteiger partial charge < -0.3 is 10.1 Å². The first-order valence-corrected chi connectivity index (χ1v) is 6.03. The molecule has 106 valence electrons. The molecule has 0 amide bonds. The van der Waals surface area contributed by atoms with Gasteiger partial charge in [-0.15, -0.1) is 0 Å². The fourth-order valence-electron chi connectivity index (χ4n) is 2.19. The molecule has 5 heteroatoms. The number of ether oxygens (including phenoxy) is 1. The maximum Gasteiger partial charge on any atom is 0.132 e. The Morgan fingerprint density at radius 2 is 1.40 bits per heavy atom. The monoisotopic (exact) mass is 281 g/mol. The number of nitrogens with one attached hydrogen (secondary N) is 1. The molecule has 0 saturated carbocycles. The van der Waals surface area contributed by atoms with Crippen molar-refractivity contribution in [2.45, 2.75) is 6.04 Å². The average molecular weight is 281 g/mol.